The monoisotopic (exact) mass is 288 g/mol. The van der Waals surface area contributed by atoms with Crippen LogP contribution in [0.2, 0.25) is 0 Å². The third-order valence-corrected chi connectivity index (χ3v) is 5.78. The molecule has 0 N–H and O–H groups in total. The van der Waals surface area contributed by atoms with Crippen molar-refractivity contribution in [1.82, 2.24) is 0 Å². The van der Waals surface area contributed by atoms with Gasteiger partial charge in [0.15, 0.2) is 12.3 Å². The summed E-state index contributed by atoms with van der Waals surface area (Å²) in [5, 5.41) is 0. The van der Waals surface area contributed by atoms with Crippen LogP contribution in [0.1, 0.15) is 46.6 Å². The number of fused-ring (bicyclic) bond motifs is 1. The van der Waals surface area contributed by atoms with Gasteiger partial charge in [0.25, 0.3) is 0 Å². The lowest BCUT2D eigenvalue weighted by molar-refractivity contribution is -0.906. The number of para-hydroxylation sites is 1. The molecule has 0 saturated carbocycles. The van der Waals surface area contributed by atoms with Gasteiger partial charge in [0, 0.05) is 18.6 Å². The van der Waals surface area contributed by atoms with Crippen LogP contribution in [0.3, 0.4) is 0 Å². The molecule has 0 aliphatic carbocycles. The number of hydrogen-bond donors (Lipinski definition) is 0. The number of quaternary nitrogens is 1. The highest BCUT2D eigenvalue weighted by Crippen LogP contribution is 2.39. The SMILES string of the molecule is CC[N+](C)(CC)CCC[N+]1=C(C)C(C)(C)c2ccccc21. The fourth-order valence-corrected chi connectivity index (χ4v) is 3.39. The van der Waals surface area contributed by atoms with Gasteiger partial charge >= 0.3 is 0 Å². The smallest absolute Gasteiger partial charge is 0.209 e. The lowest BCUT2D eigenvalue weighted by atomic mass is 9.82. The van der Waals surface area contributed by atoms with E-state index in [2.05, 4.69) is 70.5 Å². The Morgan fingerprint density at radius 1 is 1.10 bits per heavy atom. The maximum atomic E-state index is 2.55. The zero-order chi connectivity index (χ0) is 15.7. The first kappa shape index (κ1) is 16.2. The van der Waals surface area contributed by atoms with E-state index in [1.54, 1.807) is 0 Å². The van der Waals surface area contributed by atoms with Gasteiger partial charge in [-0.05, 0) is 27.7 Å². The molecule has 1 aliphatic rings. The quantitative estimate of drug-likeness (QED) is 0.550. The van der Waals surface area contributed by atoms with Gasteiger partial charge in [0.05, 0.1) is 38.5 Å². The Labute approximate surface area is 130 Å². The molecule has 0 radical (unpaired) electrons. The molecule has 21 heavy (non-hydrogen) atoms. The third kappa shape index (κ3) is 2.91. The predicted molar refractivity (Wildman–Crippen MR) is 91.7 cm³/mol. The van der Waals surface area contributed by atoms with Crippen LogP contribution in [0.5, 0.6) is 0 Å². The van der Waals surface area contributed by atoms with E-state index in [-0.39, 0.29) is 5.41 Å². The molecule has 2 heteroatoms. The van der Waals surface area contributed by atoms with E-state index in [1.807, 2.05) is 0 Å². The molecule has 0 amide bonds. The number of benzene rings is 1. The van der Waals surface area contributed by atoms with Gasteiger partial charge in [-0.3, -0.25) is 0 Å². The number of rotatable bonds is 6. The van der Waals surface area contributed by atoms with E-state index < -0.39 is 0 Å². The first-order valence-electron chi connectivity index (χ1n) is 8.40. The average molecular weight is 288 g/mol. The topological polar surface area (TPSA) is 3.01 Å². The van der Waals surface area contributed by atoms with Crippen LogP contribution in [0.4, 0.5) is 5.69 Å². The molecule has 0 bridgehead atoms. The number of nitrogens with zero attached hydrogens (tertiary/aromatic N) is 2. The Morgan fingerprint density at radius 3 is 2.33 bits per heavy atom. The summed E-state index contributed by atoms with van der Waals surface area (Å²) in [5.41, 5.74) is 4.56. The van der Waals surface area contributed by atoms with Crippen molar-refractivity contribution in [3.8, 4) is 0 Å². The fraction of sp³-hybridized carbons (Fsp3) is 0.632. The highest BCUT2D eigenvalue weighted by molar-refractivity contribution is 5.93. The van der Waals surface area contributed by atoms with Gasteiger partial charge in [-0.25, -0.2) is 0 Å². The largest absolute Gasteiger partial charge is 0.326 e. The molecule has 1 aromatic rings. The highest BCUT2D eigenvalue weighted by atomic mass is 15.3. The van der Waals surface area contributed by atoms with Gasteiger partial charge in [0.1, 0.15) is 0 Å². The molecule has 0 aromatic heterocycles. The van der Waals surface area contributed by atoms with Gasteiger partial charge in [-0.2, -0.15) is 4.58 Å². The van der Waals surface area contributed by atoms with Crippen molar-refractivity contribution in [2.45, 2.75) is 46.5 Å². The molecule has 2 nitrogen and oxygen atoms in total. The van der Waals surface area contributed by atoms with Crippen molar-refractivity contribution in [2.75, 3.05) is 33.2 Å². The van der Waals surface area contributed by atoms with Crippen LogP contribution < -0.4 is 0 Å². The second kappa shape index (κ2) is 5.92. The van der Waals surface area contributed by atoms with Crippen LogP contribution in [0.15, 0.2) is 24.3 Å². The first-order chi connectivity index (χ1) is 9.85. The summed E-state index contributed by atoms with van der Waals surface area (Å²) in [4.78, 5) is 0. The standard InChI is InChI=1S/C19H32N2/c1-7-21(6,8-2)15-11-14-20-16(3)19(4,5)17-12-9-10-13-18(17)20/h9-10,12-13H,7-8,11,14-15H2,1-6H3/q+2. The Bertz CT molecular complexity index is 536. The summed E-state index contributed by atoms with van der Waals surface area (Å²) in [7, 11) is 2.37. The van der Waals surface area contributed by atoms with Crippen molar-refractivity contribution in [2.24, 2.45) is 0 Å². The Morgan fingerprint density at radius 2 is 1.71 bits per heavy atom. The van der Waals surface area contributed by atoms with Crippen molar-refractivity contribution in [3.63, 3.8) is 0 Å². The molecule has 2 rings (SSSR count). The van der Waals surface area contributed by atoms with Crippen LogP contribution in [0, 0.1) is 0 Å². The molecule has 1 aromatic carbocycles. The zero-order valence-corrected chi connectivity index (χ0v) is 14.7. The molecule has 1 heterocycles. The Balaban J connectivity index is 2.15. The lowest BCUT2D eigenvalue weighted by Crippen LogP contribution is -2.44. The summed E-state index contributed by atoms with van der Waals surface area (Å²) in [6.45, 7) is 16.4. The van der Waals surface area contributed by atoms with E-state index in [9.17, 15) is 0 Å². The summed E-state index contributed by atoms with van der Waals surface area (Å²) in [6, 6.07) is 8.90. The van der Waals surface area contributed by atoms with Gasteiger partial charge in [0.2, 0.25) is 5.69 Å². The minimum absolute atomic E-state index is 0.171. The molecule has 0 spiro atoms. The van der Waals surface area contributed by atoms with Crippen molar-refractivity contribution < 1.29 is 9.06 Å². The molecule has 0 atom stereocenters. The fourth-order valence-electron chi connectivity index (χ4n) is 3.39. The van der Waals surface area contributed by atoms with Gasteiger partial charge < -0.3 is 4.48 Å². The van der Waals surface area contributed by atoms with Gasteiger partial charge in [-0.1, -0.05) is 18.2 Å². The normalized spacial score (nSPS) is 17.2. The minimum Gasteiger partial charge on any atom is -0.326 e. The second-order valence-electron chi connectivity index (χ2n) is 7.21. The molecule has 0 unspecified atom stereocenters. The van der Waals surface area contributed by atoms with E-state index in [4.69, 9.17) is 0 Å². The maximum Gasteiger partial charge on any atom is 0.209 e. The van der Waals surface area contributed by atoms with Crippen LogP contribution in [-0.4, -0.2) is 48.0 Å². The van der Waals surface area contributed by atoms with Crippen LogP contribution in [0.25, 0.3) is 0 Å². The second-order valence-corrected chi connectivity index (χ2v) is 7.21. The Hall–Kier alpha value is -1.15. The van der Waals surface area contributed by atoms with E-state index in [1.165, 1.54) is 47.5 Å². The summed E-state index contributed by atoms with van der Waals surface area (Å²) < 4.78 is 3.73. The molecular weight excluding hydrogens is 256 g/mol. The van der Waals surface area contributed by atoms with E-state index >= 15 is 0 Å². The lowest BCUT2D eigenvalue weighted by Gasteiger charge is -2.31. The summed E-state index contributed by atoms with van der Waals surface area (Å²) in [6.07, 6.45) is 1.25. The van der Waals surface area contributed by atoms with E-state index in [0.717, 1.165) is 6.54 Å². The molecule has 1 aliphatic heterocycles. The van der Waals surface area contributed by atoms with Gasteiger partial charge in [-0.15, -0.1) is 0 Å². The summed E-state index contributed by atoms with van der Waals surface area (Å²) >= 11 is 0. The van der Waals surface area contributed by atoms with Crippen molar-refractivity contribution in [1.29, 1.82) is 0 Å². The van der Waals surface area contributed by atoms with Crippen molar-refractivity contribution in [3.05, 3.63) is 29.8 Å². The molecular formula is C19H32N2+2. The molecule has 116 valence electrons. The Kier molecular flexibility index (Phi) is 4.57. The van der Waals surface area contributed by atoms with Crippen LogP contribution in [-0.2, 0) is 5.41 Å². The maximum absolute atomic E-state index is 2.55. The van der Waals surface area contributed by atoms with Crippen molar-refractivity contribution >= 4 is 11.4 Å². The minimum atomic E-state index is 0.171. The van der Waals surface area contributed by atoms with Crippen LogP contribution >= 0.6 is 0 Å². The first-order valence-corrected chi connectivity index (χ1v) is 8.40. The molecule has 0 saturated heterocycles. The third-order valence-electron chi connectivity index (χ3n) is 5.78. The molecule has 0 fully saturated rings. The zero-order valence-electron chi connectivity index (χ0n) is 14.7. The average Bonchev–Trinajstić information content (AvgIpc) is 2.68. The summed E-state index contributed by atoms with van der Waals surface area (Å²) in [5.74, 6) is 0. The number of hydrogen-bond acceptors (Lipinski definition) is 0. The predicted octanol–water partition coefficient (Wildman–Crippen LogP) is 3.96. The van der Waals surface area contributed by atoms with E-state index in [0.29, 0.717) is 0 Å². The highest BCUT2D eigenvalue weighted by Gasteiger charge is 2.42.